The lowest BCUT2D eigenvalue weighted by molar-refractivity contribution is -0.118. The van der Waals surface area contributed by atoms with Gasteiger partial charge >= 0.3 is 5.69 Å². The first-order valence-corrected chi connectivity index (χ1v) is 7.29. The van der Waals surface area contributed by atoms with Crippen LogP contribution in [0, 0.1) is 12.3 Å². The number of rotatable bonds is 6. The minimum Gasteiger partial charge on any atom is -0.376 e. The molecule has 1 aliphatic heterocycles. The normalized spacial score (nSPS) is 17.9. The number of terminal acetylenes is 1. The van der Waals surface area contributed by atoms with Crippen LogP contribution in [0.15, 0.2) is 9.95 Å². The molecule has 0 saturated carbocycles. The molecule has 0 unspecified atom stereocenters. The van der Waals surface area contributed by atoms with Gasteiger partial charge in [0.2, 0.25) is 5.91 Å². The Morgan fingerprint density at radius 1 is 1.70 bits per heavy atom. The Morgan fingerprint density at radius 2 is 2.55 bits per heavy atom. The van der Waals surface area contributed by atoms with Gasteiger partial charge in [-0.1, -0.05) is 17.7 Å². The molecule has 0 aromatic carbocycles. The Balaban J connectivity index is 1.93. The molecule has 0 radical (unpaired) electrons. The molecule has 108 valence electrons. The van der Waals surface area contributed by atoms with Gasteiger partial charge in [-0.2, -0.15) is 0 Å². The molecule has 2 heterocycles. The number of ether oxygens (including phenoxy) is 1. The largest absolute Gasteiger partial charge is 0.376 e. The van der Waals surface area contributed by atoms with E-state index in [1.807, 2.05) is 0 Å². The van der Waals surface area contributed by atoms with E-state index in [1.165, 1.54) is 16.3 Å². The molecule has 2 N–H and O–H groups in total. The van der Waals surface area contributed by atoms with Crippen LogP contribution in [0.3, 0.4) is 0 Å². The molecule has 7 nitrogen and oxygen atoms in total. The highest BCUT2D eigenvalue weighted by atomic mass is 32.2. The third-order valence-corrected chi connectivity index (χ3v) is 3.83. The van der Waals surface area contributed by atoms with Crippen LogP contribution in [0.1, 0.15) is 12.8 Å². The Labute approximate surface area is 120 Å². The lowest BCUT2D eigenvalue weighted by Crippen LogP contribution is -2.27. The number of amides is 1. The highest BCUT2D eigenvalue weighted by molar-refractivity contribution is 7.99. The number of aromatic amines is 1. The molecule has 1 aromatic rings. The van der Waals surface area contributed by atoms with Crippen LogP contribution in [0.4, 0.5) is 0 Å². The number of carbonyl (C=O) groups is 1. The van der Waals surface area contributed by atoms with Gasteiger partial charge in [-0.15, -0.1) is 11.5 Å². The van der Waals surface area contributed by atoms with E-state index in [0.29, 0.717) is 11.7 Å². The van der Waals surface area contributed by atoms with Gasteiger partial charge in [-0.25, -0.2) is 9.89 Å². The number of nitrogens with zero attached hydrogens (tertiary/aromatic N) is 2. The number of thioether (sulfide) groups is 1. The molecular formula is C12H16N4O3S. The second-order valence-electron chi connectivity index (χ2n) is 4.33. The van der Waals surface area contributed by atoms with E-state index < -0.39 is 0 Å². The van der Waals surface area contributed by atoms with Gasteiger partial charge in [0.05, 0.1) is 24.9 Å². The van der Waals surface area contributed by atoms with Crippen LogP contribution in [0.25, 0.3) is 0 Å². The average molecular weight is 296 g/mol. The maximum atomic E-state index is 11.7. The van der Waals surface area contributed by atoms with Crippen molar-refractivity contribution in [1.82, 2.24) is 20.1 Å². The Bertz CT molecular complexity index is 554. The van der Waals surface area contributed by atoms with Crippen LogP contribution in [0.2, 0.25) is 0 Å². The standard InChI is InChI=1S/C12H16N4O3S/c1-2-5-13-10(17)8-20-12-15-14-11(18)16(12)7-9-4-3-6-19-9/h1,9H,3-8H2,(H,13,17)(H,14,18)/t9-/m1/s1. The topological polar surface area (TPSA) is 89.0 Å². The lowest BCUT2D eigenvalue weighted by atomic mass is 10.2. The Hall–Kier alpha value is -1.72. The van der Waals surface area contributed by atoms with E-state index in [2.05, 4.69) is 21.4 Å². The molecule has 1 amide bonds. The summed E-state index contributed by atoms with van der Waals surface area (Å²) < 4.78 is 7.01. The van der Waals surface area contributed by atoms with Crippen LogP contribution in [-0.2, 0) is 16.1 Å². The highest BCUT2D eigenvalue weighted by Crippen LogP contribution is 2.17. The van der Waals surface area contributed by atoms with E-state index in [4.69, 9.17) is 11.2 Å². The van der Waals surface area contributed by atoms with Crippen LogP contribution < -0.4 is 11.0 Å². The van der Waals surface area contributed by atoms with Gasteiger partial charge in [-0.3, -0.25) is 9.36 Å². The predicted molar refractivity (Wildman–Crippen MR) is 74.4 cm³/mol. The molecule has 1 aromatic heterocycles. The zero-order valence-electron chi connectivity index (χ0n) is 10.9. The summed E-state index contributed by atoms with van der Waals surface area (Å²) in [4.78, 5) is 23.2. The van der Waals surface area contributed by atoms with Crippen molar-refractivity contribution in [3.8, 4) is 12.3 Å². The molecule has 0 aliphatic carbocycles. The summed E-state index contributed by atoms with van der Waals surface area (Å²) in [6.45, 7) is 1.39. The molecule has 1 aliphatic rings. The number of carbonyl (C=O) groups excluding carboxylic acids is 1. The Kier molecular flexibility index (Phi) is 5.26. The minimum absolute atomic E-state index is 0.0416. The van der Waals surface area contributed by atoms with Crippen LogP contribution in [-0.4, -0.2) is 45.7 Å². The summed E-state index contributed by atoms with van der Waals surface area (Å²) in [5.41, 5.74) is -0.285. The summed E-state index contributed by atoms with van der Waals surface area (Å²) in [7, 11) is 0. The molecule has 8 heteroatoms. The van der Waals surface area contributed by atoms with Gasteiger partial charge < -0.3 is 10.1 Å². The fourth-order valence-electron chi connectivity index (χ4n) is 1.90. The fraction of sp³-hybridized carbons (Fsp3) is 0.583. The SMILES string of the molecule is C#CCNC(=O)CSc1n[nH]c(=O)n1C[C@H]1CCCO1. The smallest absolute Gasteiger partial charge is 0.344 e. The van der Waals surface area contributed by atoms with E-state index in [9.17, 15) is 9.59 Å². The maximum absolute atomic E-state index is 11.7. The molecular weight excluding hydrogens is 280 g/mol. The summed E-state index contributed by atoms with van der Waals surface area (Å²) in [5, 5.41) is 9.36. The molecule has 2 rings (SSSR count). The van der Waals surface area contributed by atoms with E-state index in [1.54, 1.807) is 0 Å². The maximum Gasteiger partial charge on any atom is 0.344 e. The number of H-pyrrole nitrogens is 1. The van der Waals surface area contributed by atoms with Crippen molar-refractivity contribution >= 4 is 17.7 Å². The zero-order chi connectivity index (χ0) is 14.4. The van der Waals surface area contributed by atoms with Gasteiger partial charge in [0.15, 0.2) is 5.16 Å². The highest BCUT2D eigenvalue weighted by Gasteiger charge is 2.20. The van der Waals surface area contributed by atoms with Crippen molar-refractivity contribution in [3.05, 3.63) is 10.5 Å². The van der Waals surface area contributed by atoms with Gasteiger partial charge in [0, 0.05) is 6.61 Å². The average Bonchev–Trinajstić information content (AvgIpc) is 3.06. The monoisotopic (exact) mass is 296 g/mol. The first-order valence-electron chi connectivity index (χ1n) is 6.30. The van der Waals surface area contributed by atoms with Crippen LogP contribution in [0.5, 0.6) is 0 Å². The lowest BCUT2D eigenvalue weighted by Gasteiger charge is -2.10. The minimum atomic E-state index is -0.285. The zero-order valence-corrected chi connectivity index (χ0v) is 11.7. The van der Waals surface area contributed by atoms with E-state index >= 15 is 0 Å². The molecule has 0 bridgehead atoms. The molecule has 1 atom stereocenters. The van der Waals surface area contributed by atoms with Gasteiger partial charge in [-0.05, 0) is 12.8 Å². The summed E-state index contributed by atoms with van der Waals surface area (Å²) in [5.74, 6) is 2.30. The first kappa shape index (κ1) is 14.7. The molecule has 0 spiro atoms. The van der Waals surface area contributed by atoms with Gasteiger partial charge in [0.1, 0.15) is 0 Å². The van der Waals surface area contributed by atoms with Crippen molar-refractivity contribution in [2.45, 2.75) is 30.6 Å². The summed E-state index contributed by atoms with van der Waals surface area (Å²) >= 11 is 1.19. The number of nitrogens with one attached hydrogen (secondary N) is 2. The second-order valence-corrected chi connectivity index (χ2v) is 5.27. The van der Waals surface area contributed by atoms with Crippen molar-refractivity contribution in [1.29, 1.82) is 0 Å². The van der Waals surface area contributed by atoms with Crippen molar-refractivity contribution < 1.29 is 9.53 Å². The van der Waals surface area contributed by atoms with Crippen molar-refractivity contribution in [3.63, 3.8) is 0 Å². The quantitative estimate of drug-likeness (QED) is 0.550. The third kappa shape index (κ3) is 3.88. The van der Waals surface area contributed by atoms with Crippen LogP contribution >= 0.6 is 11.8 Å². The molecule has 1 saturated heterocycles. The molecule has 20 heavy (non-hydrogen) atoms. The summed E-state index contributed by atoms with van der Waals surface area (Å²) in [6.07, 6.45) is 7.04. The first-order chi connectivity index (χ1) is 9.70. The van der Waals surface area contributed by atoms with Crippen molar-refractivity contribution in [2.75, 3.05) is 18.9 Å². The van der Waals surface area contributed by atoms with Crippen molar-refractivity contribution in [2.24, 2.45) is 0 Å². The number of hydrogen-bond acceptors (Lipinski definition) is 5. The predicted octanol–water partition coefficient (Wildman–Crippen LogP) is -0.408. The third-order valence-electron chi connectivity index (χ3n) is 2.85. The van der Waals surface area contributed by atoms with Gasteiger partial charge in [0.25, 0.3) is 0 Å². The van der Waals surface area contributed by atoms with E-state index in [-0.39, 0.29) is 30.0 Å². The second kappa shape index (κ2) is 7.17. The number of aromatic nitrogens is 3. The van der Waals surface area contributed by atoms with E-state index in [0.717, 1.165) is 19.4 Å². The molecule has 1 fully saturated rings. The fourth-order valence-corrected chi connectivity index (χ4v) is 2.68. The summed E-state index contributed by atoms with van der Waals surface area (Å²) in [6, 6.07) is 0. The number of hydrogen-bond donors (Lipinski definition) is 2. The Morgan fingerprint density at radius 3 is 3.25 bits per heavy atom.